The second-order valence-corrected chi connectivity index (χ2v) is 4.06. The molecule has 7 nitrogen and oxygen atoms in total. The Hall–Kier alpha value is -1.89. The van der Waals surface area contributed by atoms with Crippen molar-refractivity contribution in [1.29, 1.82) is 0 Å². The van der Waals surface area contributed by atoms with E-state index in [1.807, 2.05) is 6.92 Å². The summed E-state index contributed by atoms with van der Waals surface area (Å²) in [5, 5.41) is 9.94. The highest BCUT2D eigenvalue weighted by atomic mass is 16.6. The van der Waals surface area contributed by atoms with E-state index in [1.165, 1.54) is 0 Å². The third kappa shape index (κ3) is 1.78. The number of anilines is 1. The summed E-state index contributed by atoms with van der Waals surface area (Å²) >= 11 is 0. The molecule has 3 rings (SSSR count). The van der Waals surface area contributed by atoms with Crippen molar-refractivity contribution >= 4 is 11.9 Å². The highest BCUT2D eigenvalue weighted by molar-refractivity contribution is 5.98. The monoisotopic (exact) mass is 235 g/mol. The van der Waals surface area contributed by atoms with Gasteiger partial charge in [-0.3, -0.25) is 0 Å². The van der Waals surface area contributed by atoms with Crippen molar-refractivity contribution in [2.24, 2.45) is 5.10 Å². The summed E-state index contributed by atoms with van der Waals surface area (Å²) in [6.45, 7) is 9.13. The van der Waals surface area contributed by atoms with Crippen LogP contribution in [0.5, 0.6) is 0 Å². The number of amidine groups is 1. The van der Waals surface area contributed by atoms with Crippen LogP contribution in [0.3, 0.4) is 0 Å². The van der Waals surface area contributed by atoms with Crippen molar-refractivity contribution in [3.63, 3.8) is 0 Å². The molecule has 0 radical (unpaired) electrons. The third-order valence-electron chi connectivity index (χ3n) is 2.63. The Bertz CT molecular complexity index is 491. The van der Waals surface area contributed by atoms with Crippen LogP contribution in [-0.2, 0) is 4.74 Å². The summed E-state index contributed by atoms with van der Waals surface area (Å²) in [5.41, 5.74) is 0. The number of hydrogen-bond acceptors (Lipinski definition) is 7. The Balaban J connectivity index is 1.82. The average molecular weight is 235 g/mol. The minimum Gasteiger partial charge on any atom is -0.371 e. The molecule has 0 aromatic carbocycles. The van der Waals surface area contributed by atoms with Gasteiger partial charge in [0.1, 0.15) is 17.8 Å². The van der Waals surface area contributed by atoms with E-state index in [9.17, 15) is 0 Å². The lowest BCUT2D eigenvalue weighted by molar-refractivity contribution is 0.307. The van der Waals surface area contributed by atoms with Crippen LogP contribution in [0.15, 0.2) is 22.0 Å². The normalized spacial score (nSPS) is 23.3. The van der Waals surface area contributed by atoms with Crippen molar-refractivity contribution in [3.05, 3.63) is 18.2 Å². The molecule has 2 aliphatic rings. The van der Waals surface area contributed by atoms with Gasteiger partial charge in [0.2, 0.25) is 0 Å². The standard InChI is InChI=1S/C10H13N5O2/c1-6-11-10(17-13-6)15-7(2)12-14(8(15)3)4-9-5-16-9/h9H,3-5H2,1-2H3. The molecule has 0 N–H and O–H groups in total. The van der Waals surface area contributed by atoms with Crippen LogP contribution in [-0.4, -0.2) is 40.2 Å². The third-order valence-corrected chi connectivity index (χ3v) is 2.63. The highest BCUT2D eigenvalue weighted by Gasteiger charge is 2.34. The molecule has 1 saturated heterocycles. The lowest BCUT2D eigenvalue weighted by atomic mass is 10.4. The van der Waals surface area contributed by atoms with Crippen LogP contribution < -0.4 is 4.90 Å². The summed E-state index contributed by atoms with van der Waals surface area (Å²) in [6, 6.07) is 0.396. The molecule has 0 amide bonds. The number of aryl methyl sites for hydroxylation is 1. The Morgan fingerprint density at radius 2 is 2.24 bits per heavy atom. The Labute approximate surface area is 98.3 Å². The molecule has 7 heteroatoms. The molecule has 1 fully saturated rings. The minimum atomic E-state index is 0.257. The fourth-order valence-corrected chi connectivity index (χ4v) is 1.72. The van der Waals surface area contributed by atoms with E-state index in [4.69, 9.17) is 9.26 Å². The SMILES string of the molecule is C=C1N(CC2CO2)N=C(C)N1c1nc(C)no1. The highest BCUT2D eigenvalue weighted by Crippen LogP contribution is 2.26. The zero-order valence-corrected chi connectivity index (χ0v) is 9.75. The number of nitrogens with zero attached hydrogens (tertiary/aromatic N) is 5. The second-order valence-electron chi connectivity index (χ2n) is 4.06. The van der Waals surface area contributed by atoms with E-state index in [0.29, 0.717) is 24.2 Å². The molecular weight excluding hydrogens is 222 g/mol. The number of hydrogen-bond donors (Lipinski definition) is 0. The van der Waals surface area contributed by atoms with Gasteiger partial charge in [0.05, 0.1) is 13.2 Å². The van der Waals surface area contributed by atoms with Gasteiger partial charge in [-0.2, -0.15) is 10.1 Å². The maximum absolute atomic E-state index is 5.18. The summed E-state index contributed by atoms with van der Waals surface area (Å²) in [4.78, 5) is 5.91. The number of ether oxygens (including phenoxy) is 1. The molecule has 17 heavy (non-hydrogen) atoms. The maximum Gasteiger partial charge on any atom is 0.335 e. The van der Waals surface area contributed by atoms with E-state index >= 15 is 0 Å². The van der Waals surface area contributed by atoms with Gasteiger partial charge in [-0.1, -0.05) is 11.7 Å². The predicted octanol–water partition coefficient (Wildman–Crippen LogP) is 0.703. The molecule has 2 aliphatic heterocycles. The number of aromatic nitrogens is 2. The second kappa shape index (κ2) is 3.56. The first-order valence-electron chi connectivity index (χ1n) is 5.39. The zero-order chi connectivity index (χ0) is 12.0. The van der Waals surface area contributed by atoms with Gasteiger partial charge in [0.15, 0.2) is 5.82 Å². The van der Waals surface area contributed by atoms with E-state index in [2.05, 4.69) is 21.8 Å². The summed E-state index contributed by atoms with van der Waals surface area (Å²) in [5.74, 6) is 2.06. The van der Waals surface area contributed by atoms with Crippen molar-refractivity contribution in [2.45, 2.75) is 20.0 Å². The van der Waals surface area contributed by atoms with Gasteiger partial charge in [-0.25, -0.2) is 9.91 Å². The molecule has 1 atom stereocenters. The first-order chi connectivity index (χ1) is 8.15. The van der Waals surface area contributed by atoms with Gasteiger partial charge < -0.3 is 9.26 Å². The number of rotatable bonds is 3. The van der Waals surface area contributed by atoms with Crippen LogP contribution in [0.2, 0.25) is 0 Å². The van der Waals surface area contributed by atoms with Gasteiger partial charge in [0.25, 0.3) is 0 Å². The summed E-state index contributed by atoms with van der Waals surface area (Å²) in [6.07, 6.45) is 0.257. The largest absolute Gasteiger partial charge is 0.371 e. The van der Waals surface area contributed by atoms with E-state index in [1.54, 1.807) is 16.8 Å². The Morgan fingerprint density at radius 3 is 2.82 bits per heavy atom. The van der Waals surface area contributed by atoms with Crippen LogP contribution in [0.1, 0.15) is 12.7 Å². The van der Waals surface area contributed by atoms with Crippen molar-refractivity contribution in [1.82, 2.24) is 15.1 Å². The van der Waals surface area contributed by atoms with Crippen LogP contribution in [0.4, 0.5) is 6.01 Å². The topological polar surface area (TPSA) is 70.3 Å². The van der Waals surface area contributed by atoms with E-state index < -0.39 is 0 Å². The predicted molar refractivity (Wildman–Crippen MR) is 60.2 cm³/mol. The number of epoxide rings is 1. The molecular formula is C10H13N5O2. The first-order valence-corrected chi connectivity index (χ1v) is 5.39. The van der Waals surface area contributed by atoms with Crippen LogP contribution >= 0.6 is 0 Å². The number of hydrazone groups is 1. The smallest absolute Gasteiger partial charge is 0.335 e. The average Bonchev–Trinajstić information content (AvgIpc) is 2.92. The van der Waals surface area contributed by atoms with Crippen molar-refractivity contribution in [2.75, 3.05) is 18.1 Å². The van der Waals surface area contributed by atoms with Gasteiger partial charge in [-0.05, 0) is 13.8 Å². The molecule has 1 aromatic rings. The minimum absolute atomic E-state index is 0.257. The molecule has 0 aliphatic carbocycles. The quantitative estimate of drug-likeness (QED) is 0.718. The van der Waals surface area contributed by atoms with Gasteiger partial charge in [0, 0.05) is 0 Å². The molecule has 1 unspecified atom stereocenters. The lowest BCUT2D eigenvalue weighted by Gasteiger charge is -2.18. The molecule has 3 heterocycles. The fraction of sp³-hybridized carbons (Fsp3) is 0.500. The fourth-order valence-electron chi connectivity index (χ4n) is 1.72. The zero-order valence-electron chi connectivity index (χ0n) is 9.75. The maximum atomic E-state index is 5.18. The van der Waals surface area contributed by atoms with Gasteiger partial charge >= 0.3 is 6.01 Å². The van der Waals surface area contributed by atoms with E-state index in [-0.39, 0.29) is 6.10 Å². The molecule has 0 saturated carbocycles. The molecule has 0 bridgehead atoms. The molecule has 1 aromatic heterocycles. The Kier molecular flexibility index (Phi) is 2.15. The summed E-state index contributed by atoms with van der Waals surface area (Å²) < 4.78 is 10.3. The van der Waals surface area contributed by atoms with Gasteiger partial charge in [-0.15, -0.1) is 0 Å². The van der Waals surface area contributed by atoms with E-state index in [0.717, 1.165) is 12.4 Å². The van der Waals surface area contributed by atoms with Crippen LogP contribution in [0, 0.1) is 6.92 Å². The van der Waals surface area contributed by atoms with Crippen LogP contribution in [0.25, 0.3) is 0 Å². The molecule has 90 valence electrons. The lowest BCUT2D eigenvalue weighted by Crippen LogP contribution is -2.28. The molecule has 0 spiro atoms. The van der Waals surface area contributed by atoms with Crippen molar-refractivity contribution in [3.8, 4) is 0 Å². The Morgan fingerprint density at radius 1 is 1.47 bits per heavy atom. The van der Waals surface area contributed by atoms with Crippen molar-refractivity contribution < 1.29 is 9.26 Å². The first kappa shape index (κ1) is 10.3. The summed E-state index contributed by atoms with van der Waals surface area (Å²) in [7, 11) is 0.